The van der Waals surface area contributed by atoms with Crippen LogP contribution in [0.25, 0.3) is 0 Å². The number of methoxy groups -OCH3 is 1. The highest BCUT2D eigenvalue weighted by atomic mass is 35.5. The molecule has 1 aromatic heterocycles. The first kappa shape index (κ1) is 16.8. The molecule has 0 saturated heterocycles. The average Bonchev–Trinajstić information content (AvgIpc) is 2.48. The molecule has 0 aromatic carbocycles. The number of nitrogens with two attached hydrogens (primary N) is 1. The molecular weight excluding hydrogens is 239 g/mol. The van der Waals surface area contributed by atoms with Gasteiger partial charge >= 0.3 is 0 Å². The van der Waals surface area contributed by atoms with Gasteiger partial charge in [-0.3, -0.25) is 4.68 Å². The third-order valence-corrected chi connectivity index (χ3v) is 1.71. The van der Waals surface area contributed by atoms with E-state index in [4.69, 9.17) is 10.5 Å². The van der Waals surface area contributed by atoms with Crippen LogP contribution in [0.4, 0.5) is 11.5 Å². The van der Waals surface area contributed by atoms with Crippen molar-refractivity contribution >= 4 is 36.3 Å². The lowest BCUT2D eigenvalue weighted by Crippen LogP contribution is -2.09. The minimum absolute atomic E-state index is 0. The molecular formula is C8H18Cl2N4O. The highest BCUT2D eigenvalue weighted by Gasteiger charge is 2.02. The summed E-state index contributed by atoms with van der Waals surface area (Å²) in [6.45, 7) is 4.22. The van der Waals surface area contributed by atoms with E-state index in [0.717, 1.165) is 18.9 Å². The Kier molecular flexibility index (Phi) is 9.66. The number of nitrogens with one attached hydrogen (secondary N) is 1. The first-order valence-corrected chi connectivity index (χ1v) is 4.33. The van der Waals surface area contributed by atoms with Gasteiger partial charge in [0.15, 0.2) is 5.82 Å². The number of aromatic nitrogens is 2. The fourth-order valence-electron chi connectivity index (χ4n) is 1.01. The fraction of sp³-hybridized carbons (Fsp3) is 0.625. The molecule has 90 valence electrons. The number of anilines is 2. The lowest BCUT2D eigenvalue weighted by molar-refractivity contribution is 0.210. The number of nitrogens with zero attached hydrogens (tertiary/aromatic N) is 2. The Hall–Kier alpha value is -0.650. The van der Waals surface area contributed by atoms with Crippen LogP contribution in [-0.4, -0.2) is 30.0 Å². The minimum atomic E-state index is 0. The second-order valence-corrected chi connectivity index (χ2v) is 2.71. The molecule has 0 fully saturated rings. The van der Waals surface area contributed by atoms with Crippen LogP contribution in [-0.2, 0) is 11.3 Å². The molecule has 1 aromatic rings. The van der Waals surface area contributed by atoms with Gasteiger partial charge in [-0.15, -0.1) is 24.8 Å². The molecule has 15 heavy (non-hydrogen) atoms. The van der Waals surface area contributed by atoms with Crippen molar-refractivity contribution in [1.29, 1.82) is 0 Å². The van der Waals surface area contributed by atoms with Gasteiger partial charge in [-0.25, -0.2) is 0 Å². The summed E-state index contributed by atoms with van der Waals surface area (Å²) in [5.41, 5.74) is 6.39. The molecule has 0 saturated carbocycles. The van der Waals surface area contributed by atoms with E-state index in [1.807, 2.05) is 13.1 Å². The van der Waals surface area contributed by atoms with E-state index < -0.39 is 0 Å². The van der Waals surface area contributed by atoms with E-state index in [9.17, 15) is 0 Å². The molecule has 0 bridgehead atoms. The molecule has 0 spiro atoms. The van der Waals surface area contributed by atoms with Crippen molar-refractivity contribution in [3.63, 3.8) is 0 Å². The summed E-state index contributed by atoms with van der Waals surface area (Å²) in [5, 5.41) is 7.31. The smallest absolute Gasteiger partial charge is 0.171 e. The molecule has 5 nitrogen and oxygen atoms in total. The number of rotatable bonds is 5. The number of hydrogen-bond donors (Lipinski definition) is 2. The maximum atomic E-state index is 5.71. The molecule has 1 heterocycles. The van der Waals surface area contributed by atoms with E-state index in [1.165, 1.54) is 0 Å². The van der Waals surface area contributed by atoms with Gasteiger partial charge in [0.05, 0.1) is 18.5 Å². The van der Waals surface area contributed by atoms with Gasteiger partial charge < -0.3 is 15.8 Å². The Morgan fingerprint density at radius 2 is 2.20 bits per heavy atom. The van der Waals surface area contributed by atoms with Crippen molar-refractivity contribution in [2.24, 2.45) is 0 Å². The monoisotopic (exact) mass is 256 g/mol. The molecule has 3 N–H and O–H groups in total. The van der Waals surface area contributed by atoms with Crippen molar-refractivity contribution in [2.75, 3.05) is 31.3 Å². The highest BCUT2D eigenvalue weighted by molar-refractivity contribution is 5.85. The highest BCUT2D eigenvalue weighted by Crippen LogP contribution is 2.14. The van der Waals surface area contributed by atoms with Gasteiger partial charge in [0.2, 0.25) is 0 Å². The molecule has 1 rings (SSSR count). The van der Waals surface area contributed by atoms with Crippen LogP contribution in [0.3, 0.4) is 0 Å². The average molecular weight is 257 g/mol. The molecule has 0 aliphatic rings. The summed E-state index contributed by atoms with van der Waals surface area (Å²) >= 11 is 0. The lowest BCUT2D eigenvalue weighted by Gasteiger charge is -2.01. The topological polar surface area (TPSA) is 65.1 Å². The normalized spacial score (nSPS) is 8.93. The Morgan fingerprint density at radius 3 is 2.67 bits per heavy atom. The van der Waals surface area contributed by atoms with E-state index in [1.54, 1.807) is 11.8 Å². The van der Waals surface area contributed by atoms with Gasteiger partial charge in [-0.2, -0.15) is 5.10 Å². The van der Waals surface area contributed by atoms with Crippen LogP contribution >= 0.6 is 24.8 Å². The van der Waals surface area contributed by atoms with Crippen LogP contribution in [0.2, 0.25) is 0 Å². The number of nitrogen functional groups attached to an aromatic ring is 1. The first-order valence-electron chi connectivity index (χ1n) is 4.33. The second kappa shape index (κ2) is 8.64. The van der Waals surface area contributed by atoms with Crippen LogP contribution in [0.15, 0.2) is 6.20 Å². The van der Waals surface area contributed by atoms with Gasteiger partial charge in [0.1, 0.15) is 0 Å². The quantitative estimate of drug-likeness (QED) is 0.782. The van der Waals surface area contributed by atoms with Gasteiger partial charge in [0.25, 0.3) is 0 Å². The van der Waals surface area contributed by atoms with Crippen molar-refractivity contribution in [3.8, 4) is 0 Å². The Morgan fingerprint density at radius 1 is 1.53 bits per heavy atom. The zero-order valence-corrected chi connectivity index (χ0v) is 10.5. The third-order valence-electron chi connectivity index (χ3n) is 1.71. The predicted molar refractivity (Wildman–Crippen MR) is 67.2 cm³/mol. The third kappa shape index (κ3) is 5.11. The standard InChI is InChI=1S/C8H16N4O.2ClH/c1-3-12-6-7(9)8(11-12)10-4-5-13-2;;/h6H,3-5,9H2,1-2H3,(H,10,11);2*1H. The summed E-state index contributed by atoms with van der Waals surface area (Å²) in [6.07, 6.45) is 1.81. The zero-order valence-electron chi connectivity index (χ0n) is 8.90. The van der Waals surface area contributed by atoms with Crippen molar-refractivity contribution in [3.05, 3.63) is 6.20 Å². The molecule has 0 unspecified atom stereocenters. The fourth-order valence-corrected chi connectivity index (χ4v) is 1.01. The first-order chi connectivity index (χ1) is 6.27. The number of hydrogen-bond acceptors (Lipinski definition) is 4. The van der Waals surface area contributed by atoms with Crippen LogP contribution < -0.4 is 11.1 Å². The molecule has 0 amide bonds. The summed E-state index contributed by atoms with van der Waals surface area (Å²) in [6, 6.07) is 0. The van der Waals surface area contributed by atoms with E-state index in [2.05, 4.69) is 10.4 Å². The molecule has 0 aliphatic carbocycles. The SMILES string of the molecule is CCn1cc(N)c(NCCOC)n1.Cl.Cl. The molecule has 0 radical (unpaired) electrons. The lowest BCUT2D eigenvalue weighted by atomic mass is 10.5. The van der Waals surface area contributed by atoms with Crippen LogP contribution in [0, 0.1) is 0 Å². The summed E-state index contributed by atoms with van der Waals surface area (Å²) < 4.78 is 6.69. The van der Waals surface area contributed by atoms with E-state index in [-0.39, 0.29) is 24.8 Å². The maximum Gasteiger partial charge on any atom is 0.171 e. The minimum Gasteiger partial charge on any atom is -0.394 e. The summed E-state index contributed by atoms with van der Waals surface area (Å²) in [4.78, 5) is 0. The van der Waals surface area contributed by atoms with Crippen molar-refractivity contribution in [1.82, 2.24) is 9.78 Å². The summed E-state index contributed by atoms with van der Waals surface area (Å²) in [5.74, 6) is 0.735. The predicted octanol–water partition coefficient (Wildman–Crippen LogP) is 1.39. The number of ether oxygens (including phenoxy) is 1. The molecule has 0 aliphatic heterocycles. The van der Waals surface area contributed by atoms with Crippen molar-refractivity contribution in [2.45, 2.75) is 13.5 Å². The number of halogens is 2. The van der Waals surface area contributed by atoms with Crippen LogP contribution in [0.5, 0.6) is 0 Å². The maximum absolute atomic E-state index is 5.71. The summed E-state index contributed by atoms with van der Waals surface area (Å²) in [7, 11) is 1.66. The Bertz CT molecular complexity index is 267. The molecule has 7 heteroatoms. The van der Waals surface area contributed by atoms with Gasteiger partial charge in [-0.1, -0.05) is 0 Å². The van der Waals surface area contributed by atoms with Gasteiger partial charge in [0, 0.05) is 20.2 Å². The number of aryl methyl sites for hydroxylation is 1. The van der Waals surface area contributed by atoms with Crippen molar-refractivity contribution < 1.29 is 4.74 Å². The molecule has 0 atom stereocenters. The van der Waals surface area contributed by atoms with E-state index >= 15 is 0 Å². The second-order valence-electron chi connectivity index (χ2n) is 2.71. The Labute approximate surface area is 102 Å². The van der Waals surface area contributed by atoms with Crippen LogP contribution in [0.1, 0.15) is 6.92 Å². The zero-order chi connectivity index (χ0) is 9.68. The largest absolute Gasteiger partial charge is 0.394 e. The van der Waals surface area contributed by atoms with Gasteiger partial charge in [-0.05, 0) is 6.92 Å². The van der Waals surface area contributed by atoms with E-state index in [0.29, 0.717) is 12.3 Å². The Balaban J connectivity index is 0.